The molecular formula is C13H15BrO4S. The minimum atomic E-state index is -3.10. The van der Waals surface area contributed by atoms with Crippen LogP contribution in [0.4, 0.5) is 0 Å². The first kappa shape index (κ1) is 14.5. The maximum absolute atomic E-state index is 11.7. The summed E-state index contributed by atoms with van der Waals surface area (Å²) in [6, 6.07) is 7.04. The van der Waals surface area contributed by atoms with Crippen LogP contribution in [0.1, 0.15) is 24.3 Å². The second kappa shape index (κ2) is 5.63. The maximum Gasteiger partial charge on any atom is 0.311 e. The average molecular weight is 347 g/mol. The van der Waals surface area contributed by atoms with E-state index in [4.69, 9.17) is 0 Å². The van der Waals surface area contributed by atoms with E-state index in [-0.39, 0.29) is 17.4 Å². The van der Waals surface area contributed by atoms with E-state index >= 15 is 0 Å². The van der Waals surface area contributed by atoms with Gasteiger partial charge in [-0.2, -0.15) is 0 Å². The molecule has 1 aliphatic rings. The van der Waals surface area contributed by atoms with Crippen molar-refractivity contribution >= 4 is 31.7 Å². The monoisotopic (exact) mass is 346 g/mol. The molecule has 1 aromatic rings. The topological polar surface area (TPSA) is 71.4 Å². The van der Waals surface area contributed by atoms with Crippen molar-refractivity contribution in [3.05, 3.63) is 34.3 Å². The zero-order valence-corrected chi connectivity index (χ0v) is 12.7. The predicted molar refractivity (Wildman–Crippen MR) is 75.9 cm³/mol. The molecule has 0 aliphatic carbocycles. The summed E-state index contributed by atoms with van der Waals surface area (Å²) < 4.78 is 24.2. The molecule has 2 atom stereocenters. The molecule has 1 N–H and O–H groups in total. The molecule has 2 unspecified atom stereocenters. The van der Waals surface area contributed by atoms with Gasteiger partial charge in [0, 0.05) is 4.47 Å². The SMILES string of the molecule is O=C(O)C(c1ccc(Br)cc1)C1CCCS(=O)(=O)C1. The number of carboxylic acids is 1. The smallest absolute Gasteiger partial charge is 0.311 e. The van der Waals surface area contributed by atoms with Gasteiger partial charge in [0.05, 0.1) is 17.4 Å². The minimum Gasteiger partial charge on any atom is -0.481 e. The van der Waals surface area contributed by atoms with Crippen molar-refractivity contribution in [3.8, 4) is 0 Å². The molecule has 104 valence electrons. The van der Waals surface area contributed by atoms with Gasteiger partial charge in [0.25, 0.3) is 0 Å². The summed E-state index contributed by atoms with van der Waals surface area (Å²) in [5, 5.41) is 9.41. The van der Waals surface area contributed by atoms with Crippen LogP contribution < -0.4 is 0 Å². The number of aliphatic carboxylic acids is 1. The maximum atomic E-state index is 11.7. The first-order valence-electron chi connectivity index (χ1n) is 6.08. The Morgan fingerprint density at radius 2 is 1.95 bits per heavy atom. The predicted octanol–water partition coefficient (Wildman–Crippen LogP) is 2.44. The Labute approximate surface area is 120 Å². The zero-order chi connectivity index (χ0) is 14.0. The van der Waals surface area contributed by atoms with Gasteiger partial charge in [0.1, 0.15) is 0 Å². The van der Waals surface area contributed by atoms with Gasteiger partial charge in [-0.25, -0.2) is 8.42 Å². The number of sulfone groups is 1. The normalized spacial score (nSPS) is 23.7. The van der Waals surface area contributed by atoms with Crippen LogP contribution in [0.15, 0.2) is 28.7 Å². The number of carbonyl (C=O) groups is 1. The first-order chi connectivity index (χ1) is 8.89. The Bertz CT molecular complexity index is 565. The highest BCUT2D eigenvalue weighted by atomic mass is 79.9. The lowest BCUT2D eigenvalue weighted by Gasteiger charge is -2.27. The number of benzene rings is 1. The fourth-order valence-electron chi connectivity index (χ4n) is 2.61. The molecule has 1 saturated heterocycles. The molecule has 6 heteroatoms. The van der Waals surface area contributed by atoms with E-state index in [2.05, 4.69) is 15.9 Å². The van der Waals surface area contributed by atoms with Crippen molar-refractivity contribution in [2.75, 3.05) is 11.5 Å². The zero-order valence-electron chi connectivity index (χ0n) is 10.3. The van der Waals surface area contributed by atoms with Crippen molar-refractivity contribution in [2.45, 2.75) is 18.8 Å². The molecule has 1 aromatic carbocycles. The summed E-state index contributed by atoms with van der Waals surface area (Å²) in [7, 11) is -3.10. The van der Waals surface area contributed by atoms with Gasteiger partial charge in [-0.15, -0.1) is 0 Å². The van der Waals surface area contributed by atoms with E-state index < -0.39 is 21.7 Å². The summed E-state index contributed by atoms with van der Waals surface area (Å²) in [5.74, 6) is -1.89. The highest BCUT2D eigenvalue weighted by Gasteiger charge is 2.35. The van der Waals surface area contributed by atoms with Crippen LogP contribution in [-0.4, -0.2) is 31.0 Å². The van der Waals surface area contributed by atoms with Crippen molar-refractivity contribution in [2.24, 2.45) is 5.92 Å². The lowest BCUT2D eigenvalue weighted by Crippen LogP contribution is -2.32. The summed E-state index contributed by atoms with van der Waals surface area (Å²) >= 11 is 3.30. The molecule has 0 saturated carbocycles. The summed E-state index contributed by atoms with van der Waals surface area (Å²) in [6.07, 6.45) is 1.19. The van der Waals surface area contributed by atoms with Gasteiger partial charge in [-0.3, -0.25) is 4.79 Å². The van der Waals surface area contributed by atoms with Gasteiger partial charge in [-0.05, 0) is 36.5 Å². The van der Waals surface area contributed by atoms with E-state index in [1.54, 1.807) is 24.3 Å². The lowest BCUT2D eigenvalue weighted by atomic mass is 9.84. The fourth-order valence-corrected chi connectivity index (χ4v) is 4.66. The average Bonchev–Trinajstić information content (AvgIpc) is 2.30. The van der Waals surface area contributed by atoms with Crippen LogP contribution in [-0.2, 0) is 14.6 Å². The number of halogens is 1. The third-order valence-electron chi connectivity index (χ3n) is 3.46. The third-order valence-corrected chi connectivity index (χ3v) is 5.84. The van der Waals surface area contributed by atoms with E-state index in [0.29, 0.717) is 18.4 Å². The molecule has 1 heterocycles. The van der Waals surface area contributed by atoms with Crippen molar-refractivity contribution in [3.63, 3.8) is 0 Å². The standard InChI is InChI=1S/C13H15BrO4S/c14-11-5-3-9(4-6-11)12(13(15)16)10-2-1-7-19(17,18)8-10/h3-6,10,12H,1-2,7-8H2,(H,15,16). The van der Waals surface area contributed by atoms with Gasteiger partial charge in [0.2, 0.25) is 0 Å². The number of hydrogen-bond acceptors (Lipinski definition) is 3. The Kier molecular flexibility index (Phi) is 4.30. The Hall–Kier alpha value is -0.880. The second-order valence-corrected chi connectivity index (χ2v) is 8.03. The fraction of sp³-hybridized carbons (Fsp3) is 0.462. The Morgan fingerprint density at radius 3 is 2.47 bits per heavy atom. The van der Waals surface area contributed by atoms with Crippen molar-refractivity contribution < 1.29 is 18.3 Å². The van der Waals surface area contributed by atoms with Crippen LogP contribution in [0.5, 0.6) is 0 Å². The number of carboxylic acid groups (broad SMARTS) is 1. The molecule has 0 radical (unpaired) electrons. The van der Waals surface area contributed by atoms with E-state index in [9.17, 15) is 18.3 Å². The van der Waals surface area contributed by atoms with Gasteiger partial charge >= 0.3 is 5.97 Å². The molecule has 4 nitrogen and oxygen atoms in total. The molecule has 0 bridgehead atoms. The summed E-state index contributed by atoms with van der Waals surface area (Å²) in [5.41, 5.74) is 0.665. The Balaban J connectivity index is 2.30. The molecule has 1 fully saturated rings. The molecule has 0 amide bonds. The second-order valence-electron chi connectivity index (χ2n) is 4.88. The Morgan fingerprint density at radius 1 is 1.32 bits per heavy atom. The number of hydrogen-bond donors (Lipinski definition) is 1. The summed E-state index contributed by atoms with van der Waals surface area (Å²) in [4.78, 5) is 11.5. The van der Waals surface area contributed by atoms with Crippen molar-refractivity contribution in [1.29, 1.82) is 0 Å². The van der Waals surface area contributed by atoms with Crippen molar-refractivity contribution in [1.82, 2.24) is 0 Å². The molecule has 19 heavy (non-hydrogen) atoms. The lowest BCUT2D eigenvalue weighted by molar-refractivity contribution is -0.140. The highest BCUT2D eigenvalue weighted by Crippen LogP contribution is 2.33. The van der Waals surface area contributed by atoms with Crippen LogP contribution in [0.3, 0.4) is 0 Å². The van der Waals surface area contributed by atoms with Crippen LogP contribution in [0.25, 0.3) is 0 Å². The minimum absolute atomic E-state index is 0.0277. The first-order valence-corrected chi connectivity index (χ1v) is 8.69. The van der Waals surface area contributed by atoms with E-state index in [1.807, 2.05) is 0 Å². The molecule has 0 aromatic heterocycles. The number of rotatable bonds is 3. The third kappa shape index (κ3) is 3.57. The molecular weight excluding hydrogens is 332 g/mol. The van der Waals surface area contributed by atoms with Crippen LogP contribution in [0, 0.1) is 5.92 Å². The molecule has 0 spiro atoms. The van der Waals surface area contributed by atoms with E-state index in [1.165, 1.54) is 0 Å². The summed E-state index contributed by atoms with van der Waals surface area (Å²) in [6.45, 7) is 0. The van der Waals surface area contributed by atoms with Gasteiger partial charge < -0.3 is 5.11 Å². The van der Waals surface area contributed by atoms with Gasteiger partial charge in [-0.1, -0.05) is 28.1 Å². The molecule has 2 rings (SSSR count). The van der Waals surface area contributed by atoms with E-state index in [0.717, 1.165) is 4.47 Å². The quantitative estimate of drug-likeness (QED) is 0.912. The largest absolute Gasteiger partial charge is 0.481 e. The van der Waals surface area contributed by atoms with Crippen LogP contribution >= 0.6 is 15.9 Å². The molecule has 1 aliphatic heterocycles. The van der Waals surface area contributed by atoms with Crippen LogP contribution in [0.2, 0.25) is 0 Å². The highest BCUT2D eigenvalue weighted by molar-refractivity contribution is 9.10. The van der Waals surface area contributed by atoms with Gasteiger partial charge in [0.15, 0.2) is 9.84 Å².